The number of guanidine groups is 1. The Balaban J connectivity index is 1.19. The average molecular weight is 866 g/mol. The number of hydrogen-bond acceptors (Lipinski definition) is 16. The van der Waals surface area contributed by atoms with E-state index in [-0.39, 0.29) is 68.2 Å². The fourth-order valence-corrected chi connectivity index (χ4v) is 6.67. The molecule has 0 radical (unpaired) electrons. The number of nitro groups is 3. The van der Waals surface area contributed by atoms with Gasteiger partial charge in [-0.2, -0.15) is 12.6 Å². The zero-order valence-corrected chi connectivity index (χ0v) is 33.2. The second-order valence-electron chi connectivity index (χ2n) is 13.6. The van der Waals surface area contributed by atoms with Gasteiger partial charge in [0, 0.05) is 74.4 Å². The summed E-state index contributed by atoms with van der Waals surface area (Å²) in [5, 5.41) is 37.6. The maximum Gasteiger partial charge on any atom is 0.417 e. The van der Waals surface area contributed by atoms with E-state index in [4.69, 9.17) is 14.2 Å². The molecule has 23 nitrogen and oxygen atoms in total. The minimum absolute atomic E-state index is 0.0521. The first-order valence-corrected chi connectivity index (χ1v) is 18.9. The highest BCUT2D eigenvalue weighted by Crippen LogP contribution is 2.26. The second-order valence-corrected chi connectivity index (χ2v) is 14.3. The third-order valence-electron chi connectivity index (χ3n) is 9.40. The molecule has 5 amide bonds. The van der Waals surface area contributed by atoms with E-state index in [2.05, 4.69) is 28.3 Å². The predicted molar refractivity (Wildman–Crippen MR) is 214 cm³/mol. The fraction of sp³-hybridized carbons (Fsp3) is 0.351. The Morgan fingerprint density at radius 3 is 1.75 bits per heavy atom. The predicted octanol–water partition coefficient (Wildman–Crippen LogP) is 3.69. The molecule has 322 valence electrons. The van der Waals surface area contributed by atoms with Crippen LogP contribution in [0.15, 0.2) is 77.8 Å². The van der Waals surface area contributed by atoms with Gasteiger partial charge in [0.1, 0.15) is 32.4 Å². The van der Waals surface area contributed by atoms with E-state index >= 15 is 0 Å². The number of rotatable bonds is 13. The molecular formula is C37H39N9O14S. The molecule has 24 heteroatoms. The molecule has 2 aliphatic rings. The number of carbonyl (C=O) groups is 5. The number of benzene rings is 3. The summed E-state index contributed by atoms with van der Waals surface area (Å²) >= 11 is 4.48. The molecule has 2 N–H and O–H groups in total. The van der Waals surface area contributed by atoms with Crippen molar-refractivity contribution in [2.24, 2.45) is 4.99 Å². The maximum absolute atomic E-state index is 13.7. The number of amides is 5. The van der Waals surface area contributed by atoms with Gasteiger partial charge in [-0.05, 0) is 65.9 Å². The van der Waals surface area contributed by atoms with Gasteiger partial charge >= 0.3 is 18.3 Å². The summed E-state index contributed by atoms with van der Waals surface area (Å²) < 4.78 is 16.0. The lowest BCUT2D eigenvalue weighted by atomic mass is 10.2. The summed E-state index contributed by atoms with van der Waals surface area (Å²) in [4.78, 5) is 105. The summed E-state index contributed by atoms with van der Waals surface area (Å²) in [5.41, 5.74) is 0.796. The number of aliphatic imine (C=N–C) groups is 1. The van der Waals surface area contributed by atoms with Crippen LogP contribution in [0.3, 0.4) is 0 Å². The quantitative estimate of drug-likeness (QED) is 0.0552. The molecule has 5 rings (SSSR count). The molecule has 3 atom stereocenters. The molecule has 0 saturated carbocycles. The summed E-state index contributed by atoms with van der Waals surface area (Å²) in [6, 6.07) is 14.3. The molecule has 2 fully saturated rings. The van der Waals surface area contributed by atoms with Crippen molar-refractivity contribution in [3.8, 4) is 0 Å². The standard InChI is InChI=1S/C37H39N9O14S/c1-38-34(40-35(49)58-20-23-2-8-27(9-3-23)44(52)53)43(37(51)60-22-25-6-12-29(13-7-25)46(56)57)19-32(47)39-26-14-15-41(17-26)33(48)31-16-30(61)18-42(31)36(50)59-21-24-4-10-28(11-5-24)45(54)55/h2-13,26,30-31,61H,14-22H2,1H3,(H,39,47)(H,38,40,49)/t26-,30-,31-/m0/s1. The first-order chi connectivity index (χ1) is 29.1. The number of alkyl carbamates (subject to hydrolysis) is 1. The van der Waals surface area contributed by atoms with Crippen molar-refractivity contribution in [1.82, 2.24) is 25.3 Å². The zero-order chi connectivity index (χ0) is 44.2. The number of ether oxygens (including phenoxy) is 3. The molecule has 0 unspecified atom stereocenters. The van der Waals surface area contributed by atoms with E-state index in [1.54, 1.807) is 0 Å². The van der Waals surface area contributed by atoms with Gasteiger partial charge in [-0.25, -0.2) is 19.3 Å². The van der Waals surface area contributed by atoms with Crippen LogP contribution >= 0.6 is 12.6 Å². The molecule has 0 bridgehead atoms. The molecular weight excluding hydrogens is 827 g/mol. The van der Waals surface area contributed by atoms with E-state index in [1.807, 2.05) is 0 Å². The minimum atomic E-state index is -1.14. The summed E-state index contributed by atoms with van der Waals surface area (Å²) in [6.07, 6.45) is -2.46. The van der Waals surface area contributed by atoms with Gasteiger partial charge < -0.3 is 24.4 Å². The van der Waals surface area contributed by atoms with Crippen LogP contribution in [0.2, 0.25) is 0 Å². The lowest BCUT2D eigenvalue weighted by Crippen LogP contribution is -2.52. The Hall–Kier alpha value is -7.37. The van der Waals surface area contributed by atoms with Crippen LogP contribution in [0.1, 0.15) is 29.5 Å². The van der Waals surface area contributed by atoms with Gasteiger partial charge in [0.2, 0.25) is 17.8 Å². The zero-order valence-electron chi connectivity index (χ0n) is 32.3. The van der Waals surface area contributed by atoms with Crippen LogP contribution in [0.4, 0.5) is 31.4 Å². The topological polar surface area (TPSA) is 289 Å². The van der Waals surface area contributed by atoms with Gasteiger partial charge in [-0.3, -0.25) is 55.1 Å². The molecule has 0 aliphatic carbocycles. The highest BCUT2D eigenvalue weighted by Gasteiger charge is 2.43. The molecule has 61 heavy (non-hydrogen) atoms. The van der Waals surface area contributed by atoms with Gasteiger partial charge in [0.25, 0.3) is 17.1 Å². The van der Waals surface area contributed by atoms with Gasteiger partial charge in [-0.15, -0.1) is 0 Å². The van der Waals surface area contributed by atoms with Crippen molar-refractivity contribution in [1.29, 1.82) is 0 Å². The first kappa shape index (κ1) is 44.7. The Labute approximate surface area is 351 Å². The maximum atomic E-state index is 13.7. The van der Waals surface area contributed by atoms with Crippen molar-refractivity contribution in [3.05, 3.63) is 120 Å². The Morgan fingerprint density at radius 1 is 0.770 bits per heavy atom. The third kappa shape index (κ3) is 12.3. The van der Waals surface area contributed by atoms with E-state index in [1.165, 1.54) is 89.6 Å². The van der Waals surface area contributed by atoms with Crippen LogP contribution in [0.5, 0.6) is 0 Å². The van der Waals surface area contributed by atoms with E-state index < -0.39 is 69.5 Å². The lowest BCUT2D eigenvalue weighted by Gasteiger charge is -2.27. The number of nitro benzene ring substituents is 3. The van der Waals surface area contributed by atoms with E-state index in [9.17, 15) is 54.3 Å². The third-order valence-corrected chi connectivity index (χ3v) is 9.78. The highest BCUT2D eigenvalue weighted by atomic mass is 32.1. The van der Waals surface area contributed by atoms with Crippen LogP contribution < -0.4 is 10.6 Å². The number of hydrogen-bond donors (Lipinski definition) is 3. The average Bonchev–Trinajstić information content (AvgIpc) is 3.89. The summed E-state index contributed by atoms with van der Waals surface area (Å²) in [7, 11) is 1.22. The number of thiol groups is 1. The number of nitrogens with one attached hydrogen (secondary N) is 2. The first-order valence-electron chi connectivity index (χ1n) is 18.4. The van der Waals surface area contributed by atoms with Crippen molar-refractivity contribution >= 4 is 65.7 Å². The van der Waals surface area contributed by atoms with E-state index in [0.717, 1.165) is 4.90 Å². The van der Waals surface area contributed by atoms with Crippen LogP contribution in [-0.4, -0.2) is 116 Å². The molecule has 0 aromatic heterocycles. The Kier molecular flexibility index (Phi) is 15.1. The number of likely N-dealkylation sites (tertiary alicyclic amines) is 2. The van der Waals surface area contributed by atoms with Gasteiger partial charge in [0.05, 0.1) is 14.8 Å². The van der Waals surface area contributed by atoms with Crippen LogP contribution in [-0.2, 0) is 43.6 Å². The molecule has 0 spiro atoms. The minimum Gasteiger partial charge on any atom is -0.445 e. The number of nitrogens with zero attached hydrogens (tertiary/aromatic N) is 7. The van der Waals surface area contributed by atoms with Crippen molar-refractivity contribution in [3.63, 3.8) is 0 Å². The number of non-ortho nitro benzene ring substituents is 3. The molecule has 2 heterocycles. The molecule has 3 aromatic carbocycles. The van der Waals surface area contributed by atoms with Gasteiger partial charge in [0.15, 0.2) is 0 Å². The van der Waals surface area contributed by atoms with Crippen molar-refractivity contribution < 1.29 is 53.0 Å². The Bertz CT molecular complexity index is 2170. The monoisotopic (exact) mass is 865 g/mol. The van der Waals surface area contributed by atoms with Gasteiger partial charge in [-0.1, -0.05) is 0 Å². The SMILES string of the molecule is CN=C(NC(=O)OCc1ccc([N+](=O)[O-])cc1)N(CC(=O)N[C@H]1CCN(C(=O)[C@@H]2C[C@H](S)CN2C(=O)OCc2ccc([N+](=O)[O-])cc2)C1)C(=O)OCc1ccc([N+](=O)[O-])cc1. The second kappa shape index (κ2) is 20.5. The molecule has 3 aromatic rings. The fourth-order valence-electron chi connectivity index (χ4n) is 6.29. The normalized spacial score (nSPS) is 17.2. The lowest BCUT2D eigenvalue weighted by molar-refractivity contribution is -0.385. The number of carbonyl (C=O) groups excluding carboxylic acids is 5. The summed E-state index contributed by atoms with van der Waals surface area (Å²) in [6.45, 7) is -1.23. The van der Waals surface area contributed by atoms with Crippen LogP contribution in [0, 0.1) is 30.3 Å². The molecule has 2 saturated heterocycles. The summed E-state index contributed by atoms with van der Waals surface area (Å²) in [5.74, 6) is -1.58. The van der Waals surface area contributed by atoms with Crippen molar-refractivity contribution in [2.45, 2.75) is 50.0 Å². The van der Waals surface area contributed by atoms with Crippen LogP contribution in [0.25, 0.3) is 0 Å². The highest BCUT2D eigenvalue weighted by molar-refractivity contribution is 7.81. The van der Waals surface area contributed by atoms with E-state index in [0.29, 0.717) is 23.1 Å². The smallest absolute Gasteiger partial charge is 0.417 e. The van der Waals surface area contributed by atoms with Crippen molar-refractivity contribution in [2.75, 3.05) is 33.2 Å². The molecule has 2 aliphatic heterocycles. The largest absolute Gasteiger partial charge is 0.445 e. The Morgan fingerprint density at radius 2 is 1.26 bits per heavy atom.